The Labute approximate surface area is 161 Å². The van der Waals surface area contributed by atoms with E-state index in [0.717, 1.165) is 12.1 Å². The maximum atomic E-state index is 12.3. The maximum Gasteiger partial charge on any atom is 0.410 e. The van der Waals surface area contributed by atoms with E-state index in [2.05, 4.69) is 25.6 Å². The van der Waals surface area contributed by atoms with E-state index in [9.17, 15) is 13.6 Å². The maximum absolute atomic E-state index is 12.3. The van der Waals surface area contributed by atoms with Gasteiger partial charge in [0.05, 0.1) is 4.47 Å². The van der Waals surface area contributed by atoms with Crippen molar-refractivity contribution in [3.63, 3.8) is 0 Å². The third-order valence-electron chi connectivity index (χ3n) is 3.96. The number of amides is 1. The monoisotopic (exact) mass is 434 g/mol. The molecular weight excluding hydrogens is 410 g/mol. The summed E-state index contributed by atoms with van der Waals surface area (Å²) in [6.07, 6.45) is -0.291. The van der Waals surface area contributed by atoms with E-state index >= 15 is 0 Å². The first-order chi connectivity index (χ1) is 12.0. The summed E-state index contributed by atoms with van der Waals surface area (Å²) in [6, 6.07) is 5.12. The first kappa shape index (κ1) is 20.9. The minimum Gasteiger partial charge on any atom is -0.444 e. The normalized spacial score (nSPS) is 18.9. The van der Waals surface area contributed by atoms with Crippen LogP contribution in [0, 0.1) is 0 Å². The predicted octanol–water partition coefficient (Wildman–Crippen LogP) is 4.49. The van der Waals surface area contributed by atoms with Crippen LogP contribution in [0.1, 0.15) is 33.3 Å². The van der Waals surface area contributed by atoms with Crippen LogP contribution >= 0.6 is 15.9 Å². The Morgan fingerprint density at radius 3 is 2.58 bits per heavy atom. The van der Waals surface area contributed by atoms with E-state index in [-0.39, 0.29) is 17.9 Å². The zero-order valence-corrected chi connectivity index (χ0v) is 17.1. The molecule has 1 atom stereocenters. The molecule has 0 N–H and O–H groups in total. The zero-order valence-electron chi connectivity index (χ0n) is 15.5. The molecule has 1 saturated heterocycles. The number of hydrogen-bond acceptors (Lipinski definition) is 4. The number of halogens is 3. The predicted molar refractivity (Wildman–Crippen MR) is 98.5 cm³/mol. The number of alkyl halides is 2. The second-order valence-corrected chi connectivity index (χ2v) is 8.26. The van der Waals surface area contributed by atoms with Gasteiger partial charge in [-0.15, -0.1) is 0 Å². The summed E-state index contributed by atoms with van der Waals surface area (Å²) < 4.78 is 35.0. The first-order valence-corrected chi connectivity index (χ1v) is 9.29. The molecule has 5 nitrogen and oxygen atoms in total. The summed E-state index contributed by atoms with van der Waals surface area (Å²) in [5.74, 6) is 0.117. The summed E-state index contributed by atoms with van der Waals surface area (Å²) >= 11 is 3.26. The summed E-state index contributed by atoms with van der Waals surface area (Å²) in [6.45, 7) is 7.39. The fourth-order valence-electron chi connectivity index (χ4n) is 2.86. The summed E-state index contributed by atoms with van der Waals surface area (Å²) in [5, 5.41) is 0. The molecule has 26 heavy (non-hydrogen) atoms. The molecule has 1 aromatic carbocycles. The van der Waals surface area contributed by atoms with E-state index in [1.54, 1.807) is 17.0 Å². The second kappa shape index (κ2) is 8.52. The minimum atomic E-state index is -2.85. The molecule has 0 bridgehead atoms. The van der Waals surface area contributed by atoms with Crippen LogP contribution in [-0.4, -0.2) is 53.8 Å². The molecular formula is C18H25BrF2N2O3. The molecule has 1 aliphatic rings. The molecule has 146 valence electrons. The van der Waals surface area contributed by atoms with Crippen molar-refractivity contribution in [1.29, 1.82) is 0 Å². The highest BCUT2D eigenvalue weighted by molar-refractivity contribution is 9.10. The second-order valence-electron chi connectivity index (χ2n) is 7.40. The third kappa shape index (κ3) is 6.09. The fourth-order valence-corrected chi connectivity index (χ4v) is 3.38. The van der Waals surface area contributed by atoms with Gasteiger partial charge in [-0.25, -0.2) is 4.79 Å². The number of piperazine rings is 1. The van der Waals surface area contributed by atoms with Crippen molar-refractivity contribution >= 4 is 22.0 Å². The molecule has 0 saturated carbocycles. The van der Waals surface area contributed by atoms with Gasteiger partial charge < -0.3 is 14.4 Å². The Morgan fingerprint density at radius 2 is 2.04 bits per heavy atom. The number of benzene rings is 1. The number of nitrogens with zero attached hydrogens (tertiary/aromatic N) is 2. The van der Waals surface area contributed by atoms with Crippen LogP contribution in [0.25, 0.3) is 0 Å². The third-order valence-corrected chi connectivity index (χ3v) is 4.58. The molecule has 0 spiro atoms. The standard InChI is InChI=1S/C18H25BrF2N2O3/c1-12-10-22(7-8-23(12)17(24)26-18(2,3)4)11-13-5-6-15(14(19)9-13)25-16(20)21/h5-6,9,12,16H,7-8,10-11H2,1-4H3/t12-/m1/s1. The van der Waals surface area contributed by atoms with Crippen LogP contribution in [0.4, 0.5) is 13.6 Å². The lowest BCUT2D eigenvalue weighted by molar-refractivity contribution is -0.0504. The van der Waals surface area contributed by atoms with Crippen molar-refractivity contribution in [3.05, 3.63) is 28.2 Å². The molecule has 0 unspecified atom stereocenters. The lowest BCUT2D eigenvalue weighted by Crippen LogP contribution is -2.54. The highest BCUT2D eigenvalue weighted by Crippen LogP contribution is 2.28. The summed E-state index contributed by atoms with van der Waals surface area (Å²) in [4.78, 5) is 16.2. The Balaban J connectivity index is 1.93. The van der Waals surface area contributed by atoms with Crippen molar-refractivity contribution in [1.82, 2.24) is 9.80 Å². The molecule has 2 rings (SSSR count). The van der Waals surface area contributed by atoms with E-state index in [1.807, 2.05) is 27.7 Å². The molecule has 0 aliphatic carbocycles. The van der Waals surface area contributed by atoms with Crippen LogP contribution in [0.15, 0.2) is 22.7 Å². The van der Waals surface area contributed by atoms with Crippen molar-refractivity contribution in [2.24, 2.45) is 0 Å². The summed E-state index contributed by atoms with van der Waals surface area (Å²) in [5.41, 5.74) is 0.471. The molecule has 1 fully saturated rings. The van der Waals surface area contributed by atoms with Crippen molar-refractivity contribution in [2.45, 2.75) is 52.5 Å². The highest BCUT2D eigenvalue weighted by Gasteiger charge is 2.30. The highest BCUT2D eigenvalue weighted by atomic mass is 79.9. The number of carbonyl (C=O) groups excluding carboxylic acids is 1. The van der Waals surface area contributed by atoms with Crippen molar-refractivity contribution in [3.8, 4) is 5.75 Å². The molecule has 1 aliphatic heterocycles. The zero-order chi connectivity index (χ0) is 19.5. The van der Waals surface area contributed by atoms with Crippen LogP contribution in [-0.2, 0) is 11.3 Å². The van der Waals surface area contributed by atoms with Gasteiger partial charge >= 0.3 is 12.7 Å². The average Bonchev–Trinajstić information content (AvgIpc) is 2.48. The smallest absolute Gasteiger partial charge is 0.410 e. The van der Waals surface area contributed by atoms with Crippen LogP contribution in [0.5, 0.6) is 5.75 Å². The van der Waals surface area contributed by atoms with E-state index in [1.165, 1.54) is 6.07 Å². The van der Waals surface area contributed by atoms with Crippen LogP contribution in [0.3, 0.4) is 0 Å². The number of rotatable bonds is 4. The van der Waals surface area contributed by atoms with Gasteiger partial charge in [0.2, 0.25) is 0 Å². The Hall–Kier alpha value is -1.41. The van der Waals surface area contributed by atoms with Gasteiger partial charge in [0.15, 0.2) is 0 Å². The molecule has 0 radical (unpaired) electrons. The molecule has 8 heteroatoms. The van der Waals surface area contributed by atoms with Crippen molar-refractivity contribution < 1.29 is 23.0 Å². The van der Waals surface area contributed by atoms with Gasteiger partial charge in [-0.3, -0.25) is 4.90 Å². The van der Waals surface area contributed by atoms with Gasteiger partial charge in [0.1, 0.15) is 11.4 Å². The van der Waals surface area contributed by atoms with Gasteiger partial charge in [0.25, 0.3) is 0 Å². The van der Waals surface area contributed by atoms with Gasteiger partial charge in [-0.1, -0.05) is 6.07 Å². The average molecular weight is 435 g/mol. The SMILES string of the molecule is C[C@@H]1CN(Cc2ccc(OC(F)F)c(Br)c2)CCN1C(=O)OC(C)(C)C. The lowest BCUT2D eigenvalue weighted by Gasteiger charge is -2.40. The fraction of sp³-hybridized carbons (Fsp3) is 0.611. The molecule has 1 aromatic rings. The molecule has 0 aromatic heterocycles. The Kier molecular flexibility index (Phi) is 6.85. The lowest BCUT2D eigenvalue weighted by atomic mass is 10.1. The van der Waals surface area contributed by atoms with Crippen LogP contribution < -0.4 is 4.74 Å². The molecule has 1 amide bonds. The minimum absolute atomic E-state index is 0.0310. The van der Waals surface area contributed by atoms with Gasteiger partial charge in [0, 0.05) is 32.2 Å². The Morgan fingerprint density at radius 1 is 1.35 bits per heavy atom. The van der Waals surface area contributed by atoms with Crippen LogP contribution in [0.2, 0.25) is 0 Å². The topological polar surface area (TPSA) is 42.0 Å². The summed E-state index contributed by atoms with van der Waals surface area (Å²) in [7, 11) is 0. The van der Waals surface area contributed by atoms with Crippen molar-refractivity contribution in [2.75, 3.05) is 19.6 Å². The van der Waals surface area contributed by atoms with E-state index in [4.69, 9.17) is 4.74 Å². The van der Waals surface area contributed by atoms with Gasteiger partial charge in [-0.05, 0) is 61.3 Å². The van der Waals surface area contributed by atoms with Gasteiger partial charge in [-0.2, -0.15) is 8.78 Å². The van der Waals surface area contributed by atoms with E-state index in [0.29, 0.717) is 24.1 Å². The number of hydrogen-bond donors (Lipinski definition) is 0. The quantitative estimate of drug-likeness (QED) is 0.699. The number of carbonyl (C=O) groups is 1. The number of ether oxygens (including phenoxy) is 2. The Bertz CT molecular complexity index is 637. The first-order valence-electron chi connectivity index (χ1n) is 8.50. The molecule has 1 heterocycles. The van der Waals surface area contributed by atoms with E-state index < -0.39 is 12.2 Å². The largest absolute Gasteiger partial charge is 0.444 e.